The Bertz CT molecular complexity index is 932. The zero-order chi connectivity index (χ0) is 18.6. The standard InChI is InChI=1S/C21H23N5O.H2S/c1-14(17-7-8-22-18-4-3-9-27-21(17)18)11-24-20-10-19(25-13-26-20)16-6-5-15(2)23-12-16;/h5-8,10,12-14H,3-4,9,11H2,1-2H3,(H,24,25,26);1H2/t14-;/m1./s1. The van der Waals surface area contributed by atoms with Crippen LogP contribution in [0, 0.1) is 6.92 Å². The van der Waals surface area contributed by atoms with E-state index in [9.17, 15) is 0 Å². The summed E-state index contributed by atoms with van der Waals surface area (Å²) in [7, 11) is 0. The number of hydrogen-bond acceptors (Lipinski definition) is 6. The normalized spacial score (nSPS) is 13.6. The molecule has 0 fully saturated rings. The third-order valence-corrected chi connectivity index (χ3v) is 4.81. The Morgan fingerprint density at radius 1 is 1.14 bits per heavy atom. The molecule has 0 radical (unpaired) electrons. The third-order valence-electron chi connectivity index (χ3n) is 4.81. The molecule has 7 heteroatoms. The van der Waals surface area contributed by atoms with Gasteiger partial charge in [0, 0.05) is 47.7 Å². The minimum Gasteiger partial charge on any atom is -0.491 e. The fraction of sp³-hybridized carbons (Fsp3) is 0.333. The first-order valence-electron chi connectivity index (χ1n) is 9.30. The molecule has 3 aromatic heterocycles. The van der Waals surface area contributed by atoms with Gasteiger partial charge >= 0.3 is 0 Å². The highest BCUT2D eigenvalue weighted by molar-refractivity contribution is 7.59. The van der Waals surface area contributed by atoms with Crippen molar-refractivity contribution in [2.45, 2.75) is 32.6 Å². The minimum absolute atomic E-state index is 0. The molecule has 0 amide bonds. The van der Waals surface area contributed by atoms with Crippen LogP contribution in [0.1, 0.15) is 36.2 Å². The molecule has 1 N–H and O–H groups in total. The summed E-state index contributed by atoms with van der Waals surface area (Å²) < 4.78 is 5.89. The van der Waals surface area contributed by atoms with Gasteiger partial charge in [0.15, 0.2) is 0 Å². The zero-order valence-corrected chi connectivity index (χ0v) is 17.1. The molecule has 0 unspecified atom stereocenters. The second-order valence-electron chi connectivity index (χ2n) is 6.89. The number of pyridine rings is 2. The van der Waals surface area contributed by atoms with E-state index in [-0.39, 0.29) is 19.4 Å². The number of anilines is 1. The molecule has 1 aliphatic rings. The first kappa shape index (κ1) is 20.1. The van der Waals surface area contributed by atoms with Crippen molar-refractivity contribution in [1.29, 1.82) is 0 Å². The van der Waals surface area contributed by atoms with Crippen LogP contribution >= 0.6 is 13.5 Å². The molecule has 1 aliphatic heterocycles. The van der Waals surface area contributed by atoms with E-state index in [1.54, 1.807) is 6.33 Å². The van der Waals surface area contributed by atoms with E-state index in [1.165, 1.54) is 5.56 Å². The van der Waals surface area contributed by atoms with Crippen LogP contribution in [0.15, 0.2) is 43.0 Å². The van der Waals surface area contributed by atoms with Crippen LogP contribution in [0.5, 0.6) is 5.75 Å². The first-order chi connectivity index (χ1) is 13.2. The van der Waals surface area contributed by atoms with Gasteiger partial charge < -0.3 is 10.1 Å². The summed E-state index contributed by atoms with van der Waals surface area (Å²) in [6.07, 6.45) is 7.33. The van der Waals surface area contributed by atoms with Crippen molar-refractivity contribution < 1.29 is 4.74 Å². The molecule has 4 heterocycles. The van der Waals surface area contributed by atoms with Crippen LogP contribution in [0.3, 0.4) is 0 Å². The number of rotatable bonds is 5. The predicted octanol–water partition coefficient (Wildman–Crippen LogP) is 3.90. The summed E-state index contributed by atoms with van der Waals surface area (Å²) in [6, 6.07) is 8.02. The summed E-state index contributed by atoms with van der Waals surface area (Å²) in [5, 5.41) is 3.42. The van der Waals surface area contributed by atoms with E-state index >= 15 is 0 Å². The third kappa shape index (κ3) is 4.42. The number of nitrogens with zero attached hydrogens (tertiary/aromatic N) is 4. The van der Waals surface area contributed by atoms with Crippen LogP contribution in [0.2, 0.25) is 0 Å². The fourth-order valence-corrected chi connectivity index (χ4v) is 3.25. The maximum atomic E-state index is 5.89. The highest BCUT2D eigenvalue weighted by atomic mass is 32.1. The maximum absolute atomic E-state index is 5.89. The van der Waals surface area contributed by atoms with Gasteiger partial charge in [0.1, 0.15) is 17.9 Å². The molecule has 0 aliphatic carbocycles. The molecule has 1 atom stereocenters. The van der Waals surface area contributed by atoms with E-state index in [0.29, 0.717) is 0 Å². The molecule has 0 saturated carbocycles. The number of aromatic nitrogens is 4. The van der Waals surface area contributed by atoms with Gasteiger partial charge in [0.05, 0.1) is 18.0 Å². The van der Waals surface area contributed by atoms with Crippen LogP contribution in [-0.2, 0) is 6.42 Å². The summed E-state index contributed by atoms with van der Waals surface area (Å²) in [5.74, 6) is 2.04. The average Bonchev–Trinajstić information content (AvgIpc) is 2.72. The Labute approximate surface area is 172 Å². The lowest BCUT2D eigenvalue weighted by Gasteiger charge is -2.22. The monoisotopic (exact) mass is 395 g/mol. The number of ether oxygens (including phenoxy) is 1. The van der Waals surface area contributed by atoms with E-state index in [1.807, 2.05) is 37.5 Å². The zero-order valence-electron chi connectivity index (χ0n) is 16.1. The average molecular weight is 396 g/mol. The Balaban J connectivity index is 0.00000225. The molecule has 3 aromatic rings. The van der Waals surface area contributed by atoms with Crippen LogP contribution in [-0.4, -0.2) is 33.1 Å². The smallest absolute Gasteiger partial charge is 0.144 e. The van der Waals surface area contributed by atoms with Crippen molar-refractivity contribution in [3.63, 3.8) is 0 Å². The largest absolute Gasteiger partial charge is 0.491 e. The van der Waals surface area contributed by atoms with E-state index in [0.717, 1.165) is 60.2 Å². The molecule has 0 spiro atoms. The fourth-order valence-electron chi connectivity index (χ4n) is 3.25. The quantitative estimate of drug-likeness (QED) is 0.706. The van der Waals surface area contributed by atoms with Gasteiger partial charge in [0.2, 0.25) is 0 Å². The Hall–Kier alpha value is -2.67. The number of aryl methyl sites for hydroxylation is 2. The molecule has 28 heavy (non-hydrogen) atoms. The van der Waals surface area contributed by atoms with Gasteiger partial charge in [-0.1, -0.05) is 6.92 Å². The molecule has 0 bridgehead atoms. The van der Waals surface area contributed by atoms with Crippen molar-refractivity contribution in [2.24, 2.45) is 0 Å². The van der Waals surface area contributed by atoms with E-state index in [4.69, 9.17) is 4.74 Å². The van der Waals surface area contributed by atoms with Crippen LogP contribution < -0.4 is 10.1 Å². The van der Waals surface area contributed by atoms with Gasteiger partial charge in [-0.15, -0.1) is 0 Å². The van der Waals surface area contributed by atoms with Gasteiger partial charge in [-0.25, -0.2) is 9.97 Å². The predicted molar refractivity (Wildman–Crippen MR) is 115 cm³/mol. The highest BCUT2D eigenvalue weighted by Crippen LogP contribution is 2.32. The lowest BCUT2D eigenvalue weighted by molar-refractivity contribution is 0.280. The lowest BCUT2D eigenvalue weighted by atomic mass is 9.98. The minimum atomic E-state index is 0. The van der Waals surface area contributed by atoms with Crippen molar-refractivity contribution >= 4 is 19.3 Å². The highest BCUT2D eigenvalue weighted by Gasteiger charge is 2.19. The van der Waals surface area contributed by atoms with E-state index in [2.05, 4.69) is 38.2 Å². The molecular weight excluding hydrogens is 370 g/mol. The van der Waals surface area contributed by atoms with Crippen molar-refractivity contribution in [2.75, 3.05) is 18.5 Å². The molecule has 0 saturated heterocycles. The van der Waals surface area contributed by atoms with Crippen molar-refractivity contribution in [3.05, 3.63) is 59.9 Å². The van der Waals surface area contributed by atoms with Crippen LogP contribution in [0.25, 0.3) is 11.3 Å². The van der Waals surface area contributed by atoms with Crippen molar-refractivity contribution in [3.8, 4) is 17.0 Å². The van der Waals surface area contributed by atoms with Crippen LogP contribution in [0.4, 0.5) is 5.82 Å². The van der Waals surface area contributed by atoms with E-state index < -0.39 is 0 Å². The summed E-state index contributed by atoms with van der Waals surface area (Å²) >= 11 is 0. The lowest BCUT2D eigenvalue weighted by Crippen LogP contribution is -2.16. The van der Waals surface area contributed by atoms with Crippen molar-refractivity contribution in [1.82, 2.24) is 19.9 Å². The Morgan fingerprint density at radius 3 is 2.86 bits per heavy atom. The second kappa shape index (κ2) is 9.01. The SMILES string of the molecule is Cc1ccc(-c2cc(NC[C@@H](C)c3ccnc4c3OCCC4)ncn2)cn1.S. The summed E-state index contributed by atoms with van der Waals surface area (Å²) in [6.45, 7) is 5.68. The molecule has 0 aromatic carbocycles. The first-order valence-corrected chi connectivity index (χ1v) is 9.30. The molecule has 4 rings (SSSR count). The maximum Gasteiger partial charge on any atom is 0.144 e. The molecule has 6 nitrogen and oxygen atoms in total. The number of fused-ring (bicyclic) bond motifs is 1. The van der Waals surface area contributed by atoms with Gasteiger partial charge in [-0.3, -0.25) is 9.97 Å². The van der Waals surface area contributed by atoms with Gasteiger partial charge in [-0.05, 0) is 38.0 Å². The molecule has 146 valence electrons. The topological polar surface area (TPSA) is 72.8 Å². The van der Waals surface area contributed by atoms with Gasteiger partial charge in [-0.2, -0.15) is 13.5 Å². The molecular formula is C21H25N5OS. The second-order valence-corrected chi connectivity index (χ2v) is 6.89. The number of nitrogens with one attached hydrogen (secondary N) is 1. The Morgan fingerprint density at radius 2 is 2.04 bits per heavy atom. The number of hydrogen-bond donors (Lipinski definition) is 1. The summed E-state index contributed by atoms with van der Waals surface area (Å²) in [5.41, 5.74) is 5.10. The van der Waals surface area contributed by atoms with Gasteiger partial charge in [0.25, 0.3) is 0 Å². The Kier molecular flexibility index (Phi) is 6.46. The summed E-state index contributed by atoms with van der Waals surface area (Å²) in [4.78, 5) is 17.5.